The first kappa shape index (κ1) is 15.5. The van der Waals surface area contributed by atoms with E-state index in [1.165, 1.54) is 6.07 Å². The molecule has 0 aliphatic heterocycles. The molecule has 0 spiro atoms. The second-order valence-corrected chi connectivity index (χ2v) is 7.42. The van der Waals surface area contributed by atoms with Crippen molar-refractivity contribution in [3.8, 4) is 0 Å². The highest BCUT2D eigenvalue weighted by atomic mass is 79.9. The molecular weight excluding hydrogens is 410 g/mol. The third-order valence-electron chi connectivity index (χ3n) is 2.61. The zero-order valence-corrected chi connectivity index (χ0v) is 14.2. The van der Waals surface area contributed by atoms with Gasteiger partial charge in [0.05, 0.1) is 12.3 Å². The van der Waals surface area contributed by atoms with Gasteiger partial charge >= 0.3 is 0 Å². The molecule has 0 aliphatic rings. The molecule has 0 saturated heterocycles. The highest BCUT2D eigenvalue weighted by Crippen LogP contribution is 2.28. The van der Waals surface area contributed by atoms with E-state index in [1.807, 2.05) is 0 Å². The van der Waals surface area contributed by atoms with Gasteiger partial charge in [0.1, 0.15) is 4.90 Å². The largest absolute Gasteiger partial charge is 0.392 e. The van der Waals surface area contributed by atoms with Crippen molar-refractivity contribution in [3.05, 3.63) is 57.0 Å². The summed E-state index contributed by atoms with van der Waals surface area (Å²) in [5, 5.41) is 9.23. The summed E-state index contributed by atoms with van der Waals surface area (Å²) in [6.45, 7) is -0.238. The van der Waals surface area contributed by atoms with E-state index in [0.29, 0.717) is 20.2 Å². The summed E-state index contributed by atoms with van der Waals surface area (Å²) < 4.78 is 28.4. The van der Waals surface area contributed by atoms with Gasteiger partial charge in [0, 0.05) is 14.5 Å². The Balaban J connectivity index is 2.43. The van der Waals surface area contributed by atoms with Gasteiger partial charge in [-0.15, -0.1) is 0 Å². The van der Waals surface area contributed by atoms with Crippen LogP contribution >= 0.6 is 31.9 Å². The summed E-state index contributed by atoms with van der Waals surface area (Å²) >= 11 is 6.48. The van der Waals surface area contributed by atoms with Crippen LogP contribution in [-0.4, -0.2) is 13.5 Å². The fourth-order valence-corrected chi connectivity index (χ4v) is 4.24. The maximum atomic E-state index is 12.4. The predicted octanol–water partition coefficient (Wildman–Crippen LogP) is 3.50. The minimum Gasteiger partial charge on any atom is -0.392 e. The second kappa shape index (κ2) is 6.26. The average molecular weight is 421 g/mol. The molecule has 0 fully saturated rings. The van der Waals surface area contributed by atoms with Gasteiger partial charge in [-0.1, -0.05) is 34.1 Å². The van der Waals surface area contributed by atoms with Crippen molar-refractivity contribution in [2.24, 2.45) is 0 Å². The highest BCUT2D eigenvalue weighted by molar-refractivity contribution is 9.11. The number of halogens is 2. The van der Waals surface area contributed by atoms with E-state index in [-0.39, 0.29) is 11.5 Å². The molecule has 106 valence electrons. The van der Waals surface area contributed by atoms with Gasteiger partial charge in [-0.2, -0.15) is 0 Å². The molecule has 0 amide bonds. The van der Waals surface area contributed by atoms with Crippen LogP contribution in [0.4, 0.5) is 5.69 Å². The first-order chi connectivity index (χ1) is 9.44. The molecule has 4 nitrogen and oxygen atoms in total. The van der Waals surface area contributed by atoms with Gasteiger partial charge in [0.15, 0.2) is 0 Å². The number of hydrogen-bond donors (Lipinski definition) is 2. The Morgan fingerprint density at radius 2 is 1.80 bits per heavy atom. The SMILES string of the molecule is O=S(=O)(Nc1ccccc1CO)c1cc(Br)ccc1Br. The third kappa shape index (κ3) is 3.41. The molecule has 0 atom stereocenters. The maximum absolute atomic E-state index is 12.4. The molecule has 2 aromatic carbocycles. The second-order valence-electron chi connectivity index (χ2n) is 4.00. The fourth-order valence-electron chi connectivity index (χ4n) is 1.64. The highest BCUT2D eigenvalue weighted by Gasteiger charge is 2.19. The van der Waals surface area contributed by atoms with Crippen molar-refractivity contribution in [3.63, 3.8) is 0 Å². The first-order valence-corrected chi connectivity index (χ1v) is 8.67. The summed E-state index contributed by atoms with van der Waals surface area (Å²) in [7, 11) is -3.74. The van der Waals surface area contributed by atoms with Crippen LogP contribution in [0.25, 0.3) is 0 Å². The smallest absolute Gasteiger partial charge is 0.263 e. The van der Waals surface area contributed by atoms with Gasteiger partial charge in [0.2, 0.25) is 0 Å². The van der Waals surface area contributed by atoms with E-state index in [2.05, 4.69) is 36.6 Å². The Morgan fingerprint density at radius 1 is 1.10 bits per heavy atom. The summed E-state index contributed by atoms with van der Waals surface area (Å²) in [5.41, 5.74) is 0.879. The summed E-state index contributed by atoms with van der Waals surface area (Å²) in [6.07, 6.45) is 0. The van der Waals surface area contributed by atoms with E-state index >= 15 is 0 Å². The van der Waals surface area contributed by atoms with E-state index in [9.17, 15) is 13.5 Å². The molecule has 0 aromatic heterocycles. The molecular formula is C13H11Br2NO3S. The number of sulfonamides is 1. The Labute approximate surface area is 134 Å². The Hall–Kier alpha value is -0.890. The predicted molar refractivity (Wildman–Crippen MR) is 85.0 cm³/mol. The molecule has 2 N–H and O–H groups in total. The molecule has 0 unspecified atom stereocenters. The van der Waals surface area contributed by atoms with Crippen LogP contribution in [0, 0.1) is 0 Å². The molecule has 0 radical (unpaired) electrons. The Morgan fingerprint density at radius 3 is 2.50 bits per heavy atom. The molecule has 0 heterocycles. The van der Waals surface area contributed by atoms with Crippen molar-refractivity contribution in [1.82, 2.24) is 0 Å². The van der Waals surface area contributed by atoms with Crippen LogP contribution in [0.3, 0.4) is 0 Å². The maximum Gasteiger partial charge on any atom is 0.263 e. The van der Waals surface area contributed by atoms with Crippen molar-refractivity contribution in [2.75, 3.05) is 4.72 Å². The van der Waals surface area contributed by atoms with Gasteiger partial charge in [-0.25, -0.2) is 8.42 Å². The van der Waals surface area contributed by atoms with E-state index in [4.69, 9.17) is 0 Å². The van der Waals surface area contributed by atoms with Gasteiger partial charge in [-0.05, 0) is 40.2 Å². The third-order valence-corrected chi connectivity index (χ3v) is 5.47. The molecule has 2 aromatic rings. The first-order valence-electron chi connectivity index (χ1n) is 5.60. The zero-order chi connectivity index (χ0) is 14.8. The average Bonchev–Trinajstić information content (AvgIpc) is 2.41. The fraction of sp³-hybridized carbons (Fsp3) is 0.0769. The molecule has 0 aliphatic carbocycles. The number of rotatable bonds is 4. The molecule has 7 heteroatoms. The Kier molecular flexibility index (Phi) is 4.85. The van der Waals surface area contributed by atoms with Crippen molar-refractivity contribution in [1.29, 1.82) is 0 Å². The van der Waals surface area contributed by atoms with Gasteiger partial charge < -0.3 is 5.11 Å². The molecule has 0 bridgehead atoms. The summed E-state index contributed by atoms with van der Waals surface area (Å²) in [5.74, 6) is 0. The Bertz CT molecular complexity index is 732. The number of nitrogens with one attached hydrogen (secondary N) is 1. The zero-order valence-electron chi connectivity index (χ0n) is 10.2. The number of para-hydroxylation sites is 1. The number of benzene rings is 2. The number of anilines is 1. The lowest BCUT2D eigenvalue weighted by Crippen LogP contribution is -2.14. The lowest BCUT2D eigenvalue weighted by Gasteiger charge is -2.12. The molecule has 20 heavy (non-hydrogen) atoms. The number of hydrogen-bond acceptors (Lipinski definition) is 3. The monoisotopic (exact) mass is 419 g/mol. The number of aliphatic hydroxyl groups is 1. The lowest BCUT2D eigenvalue weighted by molar-refractivity contribution is 0.282. The van der Waals surface area contributed by atoms with Gasteiger partial charge in [0.25, 0.3) is 10.0 Å². The van der Waals surface area contributed by atoms with E-state index in [0.717, 1.165) is 0 Å². The molecule has 0 saturated carbocycles. The van der Waals surface area contributed by atoms with Gasteiger partial charge in [-0.3, -0.25) is 4.72 Å². The van der Waals surface area contributed by atoms with Crippen LogP contribution in [-0.2, 0) is 16.6 Å². The van der Waals surface area contributed by atoms with Crippen LogP contribution in [0.5, 0.6) is 0 Å². The minimum atomic E-state index is -3.74. The molecule has 2 rings (SSSR count). The van der Waals surface area contributed by atoms with Crippen LogP contribution in [0.1, 0.15) is 5.56 Å². The lowest BCUT2D eigenvalue weighted by atomic mass is 10.2. The van der Waals surface area contributed by atoms with Crippen molar-refractivity contribution >= 4 is 47.6 Å². The summed E-state index contributed by atoms with van der Waals surface area (Å²) in [4.78, 5) is 0.125. The minimum absolute atomic E-state index is 0.125. The topological polar surface area (TPSA) is 66.4 Å². The van der Waals surface area contributed by atoms with E-state index in [1.54, 1.807) is 36.4 Å². The van der Waals surface area contributed by atoms with Crippen LogP contribution in [0.2, 0.25) is 0 Å². The van der Waals surface area contributed by atoms with Crippen molar-refractivity contribution in [2.45, 2.75) is 11.5 Å². The normalized spacial score (nSPS) is 11.3. The van der Waals surface area contributed by atoms with Crippen molar-refractivity contribution < 1.29 is 13.5 Å². The quantitative estimate of drug-likeness (QED) is 0.795. The summed E-state index contributed by atoms with van der Waals surface area (Å²) in [6, 6.07) is 11.6. The number of aliphatic hydroxyl groups excluding tert-OH is 1. The standard InChI is InChI=1S/C13H11Br2NO3S/c14-10-5-6-11(15)13(7-10)20(18,19)16-12-4-2-1-3-9(12)8-17/h1-7,16-17H,8H2. The van der Waals surface area contributed by atoms with Crippen LogP contribution < -0.4 is 4.72 Å². The van der Waals surface area contributed by atoms with Crippen LogP contribution in [0.15, 0.2) is 56.3 Å². The van der Waals surface area contributed by atoms with E-state index < -0.39 is 10.0 Å².